The molecular formula is C16H14N4OS. The number of carbonyl (C=O) groups excluding carboxylic acids is 1. The number of hydrazone groups is 1. The fraction of sp³-hybridized carbons (Fsp3) is 0.0625. The Labute approximate surface area is 131 Å². The van der Waals surface area contributed by atoms with Crippen LogP contribution in [0.25, 0.3) is 5.69 Å². The molecule has 1 N–H and O–H groups in total. The number of rotatable bonds is 5. The molecule has 0 spiro atoms. The van der Waals surface area contributed by atoms with Gasteiger partial charge in [-0.3, -0.25) is 4.79 Å². The third kappa shape index (κ3) is 3.67. The van der Waals surface area contributed by atoms with Gasteiger partial charge < -0.3 is 4.57 Å². The molecule has 0 fully saturated rings. The zero-order valence-electron chi connectivity index (χ0n) is 11.7. The van der Waals surface area contributed by atoms with E-state index in [1.165, 1.54) is 0 Å². The molecule has 0 aliphatic carbocycles. The summed E-state index contributed by atoms with van der Waals surface area (Å²) >= 11 is 1.56. The molecule has 0 saturated carbocycles. The summed E-state index contributed by atoms with van der Waals surface area (Å²) in [6, 6.07) is 11.7. The summed E-state index contributed by atoms with van der Waals surface area (Å²) in [5.41, 5.74) is 4.47. The largest absolute Gasteiger partial charge is 0.306 e. The van der Waals surface area contributed by atoms with Crippen molar-refractivity contribution in [1.82, 2.24) is 15.0 Å². The van der Waals surface area contributed by atoms with Crippen LogP contribution in [-0.4, -0.2) is 21.7 Å². The maximum Gasteiger partial charge on any atom is 0.245 e. The van der Waals surface area contributed by atoms with Crippen molar-refractivity contribution in [3.8, 4) is 5.69 Å². The summed E-state index contributed by atoms with van der Waals surface area (Å²) in [5, 5.41) is 5.93. The van der Waals surface area contributed by atoms with E-state index < -0.39 is 0 Å². The second-order valence-electron chi connectivity index (χ2n) is 4.61. The number of benzene rings is 1. The number of aromatic nitrogens is 2. The number of imidazole rings is 1. The first-order chi connectivity index (χ1) is 10.8. The Kier molecular flexibility index (Phi) is 4.41. The van der Waals surface area contributed by atoms with Gasteiger partial charge in [0.05, 0.1) is 19.0 Å². The van der Waals surface area contributed by atoms with Crippen molar-refractivity contribution in [1.29, 1.82) is 0 Å². The van der Waals surface area contributed by atoms with Crippen molar-refractivity contribution in [2.75, 3.05) is 0 Å². The molecule has 0 saturated heterocycles. The number of carbonyl (C=O) groups is 1. The van der Waals surface area contributed by atoms with E-state index in [0.717, 1.165) is 16.1 Å². The molecule has 2 aromatic heterocycles. The van der Waals surface area contributed by atoms with Crippen LogP contribution in [0.3, 0.4) is 0 Å². The summed E-state index contributed by atoms with van der Waals surface area (Å²) in [7, 11) is 0. The molecule has 0 radical (unpaired) electrons. The van der Waals surface area contributed by atoms with E-state index in [2.05, 4.69) is 15.5 Å². The standard InChI is InChI=1S/C16H14N4OS/c21-16(10-15-2-1-9-22-15)19-18-11-13-3-5-14(6-4-13)20-8-7-17-12-20/h1-9,11-12H,10H2,(H,19,21)/b18-11+. The molecule has 22 heavy (non-hydrogen) atoms. The van der Waals surface area contributed by atoms with Gasteiger partial charge in [0.15, 0.2) is 0 Å². The number of amides is 1. The molecule has 1 aromatic carbocycles. The Balaban J connectivity index is 1.55. The third-order valence-electron chi connectivity index (χ3n) is 3.01. The average molecular weight is 310 g/mol. The molecular weight excluding hydrogens is 296 g/mol. The predicted molar refractivity (Wildman–Crippen MR) is 87.3 cm³/mol. The molecule has 3 aromatic rings. The van der Waals surface area contributed by atoms with Crippen LogP contribution < -0.4 is 5.43 Å². The van der Waals surface area contributed by atoms with E-state index in [1.54, 1.807) is 30.1 Å². The second kappa shape index (κ2) is 6.82. The molecule has 2 heterocycles. The quantitative estimate of drug-likeness (QED) is 0.582. The Bertz CT molecular complexity index is 746. The van der Waals surface area contributed by atoms with Gasteiger partial charge in [-0.1, -0.05) is 18.2 Å². The van der Waals surface area contributed by atoms with Gasteiger partial charge in [0.1, 0.15) is 0 Å². The summed E-state index contributed by atoms with van der Waals surface area (Å²) < 4.78 is 1.92. The van der Waals surface area contributed by atoms with Gasteiger partial charge in [0.25, 0.3) is 0 Å². The summed E-state index contributed by atoms with van der Waals surface area (Å²) in [6.45, 7) is 0. The van der Waals surface area contributed by atoms with E-state index in [1.807, 2.05) is 52.5 Å². The van der Waals surface area contributed by atoms with Gasteiger partial charge in [-0.15, -0.1) is 11.3 Å². The Morgan fingerprint density at radius 3 is 2.86 bits per heavy atom. The molecule has 5 nitrogen and oxygen atoms in total. The zero-order chi connectivity index (χ0) is 15.2. The normalized spacial score (nSPS) is 10.9. The molecule has 0 bridgehead atoms. The molecule has 110 valence electrons. The zero-order valence-corrected chi connectivity index (χ0v) is 12.5. The highest BCUT2D eigenvalue weighted by Gasteiger charge is 2.02. The SMILES string of the molecule is O=C(Cc1cccs1)N/N=C/c1ccc(-n2ccnc2)cc1. The van der Waals surface area contributed by atoms with Crippen molar-refractivity contribution in [2.24, 2.45) is 5.10 Å². The first-order valence-corrected chi connectivity index (χ1v) is 7.62. The van der Waals surface area contributed by atoms with Crippen molar-refractivity contribution in [3.05, 3.63) is 70.9 Å². The van der Waals surface area contributed by atoms with Gasteiger partial charge in [-0.25, -0.2) is 10.4 Å². The van der Waals surface area contributed by atoms with Gasteiger partial charge >= 0.3 is 0 Å². The minimum Gasteiger partial charge on any atom is -0.306 e. The van der Waals surface area contributed by atoms with Crippen molar-refractivity contribution < 1.29 is 4.79 Å². The number of thiophene rings is 1. The fourth-order valence-corrected chi connectivity index (χ4v) is 2.64. The second-order valence-corrected chi connectivity index (χ2v) is 5.64. The predicted octanol–water partition coefficient (Wildman–Crippen LogP) is 2.63. The van der Waals surface area contributed by atoms with Gasteiger partial charge in [-0.2, -0.15) is 5.10 Å². The molecule has 3 rings (SSSR count). The van der Waals surface area contributed by atoms with E-state index >= 15 is 0 Å². The minimum atomic E-state index is -0.117. The molecule has 1 amide bonds. The lowest BCUT2D eigenvalue weighted by Crippen LogP contribution is -2.19. The van der Waals surface area contributed by atoms with Crippen LogP contribution in [0.2, 0.25) is 0 Å². The van der Waals surface area contributed by atoms with E-state index in [0.29, 0.717) is 6.42 Å². The van der Waals surface area contributed by atoms with Crippen LogP contribution in [0, 0.1) is 0 Å². The summed E-state index contributed by atoms with van der Waals surface area (Å²) in [5.74, 6) is -0.117. The number of nitrogens with one attached hydrogen (secondary N) is 1. The highest BCUT2D eigenvalue weighted by Crippen LogP contribution is 2.09. The monoisotopic (exact) mass is 310 g/mol. The van der Waals surface area contributed by atoms with E-state index in [9.17, 15) is 4.79 Å². The maximum absolute atomic E-state index is 11.7. The summed E-state index contributed by atoms with van der Waals surface area (Å²) in [6.07, 6.45) is 7.35. The average Bonchev–Trinajstić information content (AvgIpc) is 3.21. The van der Waals surface area contributed by atoms with E-state index in [-0.39, 0.29) is 5.91 Å². The van der Waals surface area contributed by atoms with Crippen molar-refractivity contribution in [3.63, 3.8) is 0 Å². The minimum absolute atomic E-state index is 0.117. The lowest BCUT2D eigenvalue weighted by molar-refractivity contribution is -0.120. The summed E-state index contributed by atoms with van der Waals surface area (Å²) in [4.78, 5) is 16.7. The molecule has 0 aliphatic rings. The molecule has 6 heteroatoms. The number of nitrogens with zero attached hydrogens (tertiary/aromatic N) is 3. The van der Waals surface area contributed by atoms with Gasteiger partial charge in [0.2, 0.25) is 5.91 Å². The van der Waals surface area contributed by atoms with E-state index in [4.69, 9.17) is 0 Å². The topological polar surface area (TPSA) is 59.3 Å². The van der Waals surface area contributed by atoms with Crippen LogP contribution in [0.5, 0.6) is 0 Å². The highest BCUT2D eigenvalue weighted by molar-refractivity contribution is 7.10. The highest BCUT2D eigenvalue weighted by atomic mass is 32.1. The maximum atomic E-state index is 11.7. The van der Waals surface area contributed by atoms with Crippen LogP contribution in [0.1, 0.15) is 10.4 Å². The number of hydrogen-bond donors (Lipinski definition) is 1. The molecule has 0 atom stereocenters. The smallest absolute Gasteiger partial charge is 0.245 e. The fourth-order valence-electron chi connectivity index (χ4n) is 1.93. The molecule has 0 aliphatic heterocycles. The van der Waals surface area contributed by atoms with Crippen LogP contribution in [-0.2, 0) is 11.2 Å². The first kappa shape index (κ1) is 14.2. The number of hydrogen-bond acceptors (Lipinski definition) is 4. The molecule has 0 unspecified atom stereocenters. The Morgan fingerprint density at radius 1 is 1.32 bits per heavy atom. The van der Waals surface area contributed by atoms with Crippen molar-refractivity contribution in [2.45, 2.75) is 6.42 Å². The van der Waals surface area contributed by atoms with Crippen LogP contribution >= 0.6 is 11.3 Å². The van der Waals surface area contributed by atoms with Gasteiger partial charge in [0, 0.05) is 23.0 Å². The lowest BCUT2D eigenvalue weighted by atomic mass is 10.2. The van der Waals surface area contributed by atoms with Gasteiger partial charge in [-0.05, 0) is 29.1 Å². The first-order valence-electron chi connectivity index (χ1n) is 6.74. The van der Waals surface area contributed by atoms with Crippen molar-refractivity contribution >= 4 is 23.5 Å². The van der Waals surface area contributed by atoms with Crippen LogP contribution in [0.4, 0.5) is 0 Å². The third-order valence-corrected chi connectivity index (χ3v) is 3.89. The Morgan fingerprint density at radius 2 is 2.18 bits per heavy atom. The van der Waals surface area contributed by atoms with Crippen LogP contribution in [0.15, 0.2) is 65.6 Å². The Hall–Kier alpha value is -2.73. The lowest BCUT2D eigenvalue weighted by Gasteiger charge is -2.02.